The van der Waals surface area contributed by atoms with Crippen LogP contribution < -0.4 is 0 Å². The summed E-state index contributed by atoms with van der Waals surface area (Å²) in [4.78, 5) is 0. The quantitative estimate of drug-likeness (QED) is 0.431. The first kappa shape index (κ1) is 17.0. The van der Waals surface area contributed by atoms with Gasteiger partial charge in [0.25, 0.3) is 0 Å². The molecule has 0 aliphatic carbocycles. The van der Waals surface area contributed by atoms with Crippen molar-refractivity contribution in [1.29, 1.82) is 0 Å². The molecular formula is C17H35. The molecule has 0 N–H and O–H groups in total. The molecule has 0 heterocycles. The fourth-order valence-corrected chi connectivity index (χ4v) is 2.58. The van der Waals surface area contributed by atoms with Gasteiger partial charge < -0.3 is 0 Å². The first-order valence-electron chi connectivity index (χ1n) is 7.84. The van der Waals surface area contributed by atoms with Crippen molar-refractivity contribution in [3.8, 4) is 0 Å². The molecule has 0 rings (SSSR count). The van der Waals surface area contributed by atoms with Crippen molar-refractivity contribution >= 4 is 0 Å². The van der Waals surface area contributed by atoms with Gasteiger partial charge in [0, 0.05) is 0 Å². The third-order valence-corrected chi connectivity index (χ3v) is 4.25. The van der Waals surface area contributed by atoms with Gasteiger partial charge in [-0.3, -0.25) is 0 Å². The Morgan fingerprint density at radius 2 is 1.59 bits per heavy atom. The SMILES string of the molecule is [CH2]C(C)CCC(CC(C)CC)C(C)CCCC. The minimum absolute atomic E-state index is 0.618. The molecule has 0 spiro atoms. The molecule has 0 bridgehead atoms. The molecule has 0 aromatic carbocycles. The van der Waals surface area contributed by atoms with Crippen LogP contribution in [0.1, 0.15) is 79.6 Å². The van der Waals surface area contributed by atoms with Crippen LogP contribution in [0.25, 0.3) is 0 Å². The van der Waals surface area contributed by atoms with Gasteiger partial charge in [-0.2, -0.15) is 0 Å². The molecule has 0 saturated heterocycles. The molecule has 0 amide bonds. The average molecular weight is 239 g/mol. The smallest absolute Gasteiger partial charge is 0.0386 e. The van der Waals surface area contributed by atoms with Gasteiger partial charge in [-0.15, -0.1) is 0 Å². The highest BCUT2D eigenvalue weighted by Gasteiger charge is 2.19. The predicted molar refractivity (Wildman–Crippen MR) is 80.0 cm³/mol. The van der Waals surface area contributed by atoms with Crippen LogP contribution in [-0.2, 0) is 0 Å². The normalized spacial score (nSPS) is 17.1. The van der Waals surface area contributed by atoms with Gasteiger partial charge in [0.15, 0.2) is 0 Å². The summed E-state index contributed by atoms with van der Waals surface area (Å²) in [5.74, 6) is 3.35. The van der Waals surface area contributed by atoms with E-state index >= 15 is 0 Å². The Morgan fingerprint density at radius 3 is 2.06 bits per heavy atom. The van der Waals surface area contributed by atoms with E-state index in [-0.39, 0.29) is 0 Å². The lowest BCUT2D eigenvalue weighted by molar-refractivity contribution is 0.244. The second-order valence-electron chi connectivity index (χ2n) is 6.31. The molecule has 103 valence electrons. The van der Waals surface area contributed by atoms with Crippen LogP contribution in [0, 0.1) is 30.6 Å². The van der Waals surface area contributed by atoms with E-state index in [2.05, 4.69) is 41.5 Å². The molecule has 0 saturated carbocycles. The molecule has 1 radical (unpaired) electrons. The third kappa shape index (κ3) is 8.69. The summed E-state index contributed by atoms with van der Waals surface area (Å²) in [5.41, 5.74) is 0. The minimum atomic E-state index is 0.618. The van der Waals surface area contributed by atoms with Crippen LogP contribution in [0.2, 0.25) is 0 Å². The maximum atomic E-state index is 4.13. The molecule has 0 fully saturated rings. The lowest BCUT2D eigenvalue weighted by atomic mass is 9.79. The zero-order chi connectivity index (χ0) is 13.3. The second kappa shape index (κ2) is 9.97. The topological polar surface area (TPSA) is 0 Å². The molecule has 0 nitrogen and oxygen atoms in total. The number of hydrogen-bond donors (Lipinski definition) is 0. The van der Waals surface area contributed by atoms with E-state index in [0.717, 1.165) is 17.8 Å². The summed E-state index contributed by atoms with van der Waals surface area (Å²) in [6.45, 7) is 15.9. The summed E-state index contributed by atoms with van der Waals surface area (Å²) < 4.78 is 0. The minimum Gasteiger partial charge on any atom is -0.0654 e. The first-order chi connectivity index (χ1) is 8.01. The van der Waals surface area contributed by atoms with Gasteiger partial charge in [-0.25, -0.2) is 0 Å². The van der Waals surface area contributed by atoms with E-state index < -0.39 is 0 Å². The lowest BCUT2D eigenvalue weighted by Gasteiger charge is -2.27. The van der Waals surface area contributed by atoms with E-state index in [1.165, 1.54) is 44.9 Å². The van der Waals surface area contributed by atoms with Crippen LogP contribution in [0.5, 0.6) is 0 Å². The Labute approximate surface area is 111 Å². The van der Waals surface area contributed by atoms with Gasteiger partial charge in [-0.1, -0.05) is 73.6 Å². The standard InChI is InChI=1S/C17H35/c1-7-9-10-16(6)17(12-11-14(3)4)13-15(5)8-2/h14-17H,3,7-13H2,1-2,4-6H3. The van der Waals surface area contributed by atoms with Crippen LogP contribution in [0.3, 0.4) is 0 Å². The highest BCUT2D eigenvalue weighted by molar-refractivity contribution is 4.71. The summed E-state index contributed by atoms with van der Waals surface area (Å²) >= 11 is 0. The molecule has 0 heteroatoms. The largest absolute Gasteiger partial charge is 0.0654 e. The van der Waals surface area contributed by atoms with Crippen molar-refractivity contribution in [1.82, 2.24) is 0 Å². The fourth-order valence-electron chi connectivity index (χ4n) is 2.58. The fraction of sp³-hybridized carbons (Fsp3) is 0.941. The third-order valence-electron chi connectivity index (χ3n) is 4.25. The predicted octanol–water partition coefficient (Wildman–Crippen LogP) is 6.12. The maximum Gasteiger partial charge on any atom is -0.0386 e. The summed E-state index contributed by atoms with van der Waals surface area (Å²) in [7, 11) is 0. The summed E-state index contributed by atoms with van der Waals surface area (Å²) in [6, 6.07) is 0. The van der Waals surface area contributed by atoms with Gasteiger partial charge in [0.2, 0.25) is 0 Å². The van der Waals surface area contributed by atoms with Crippen molar-refractivity contribution < 1.29 is 0 Å². The van der Waals surface area contributed by atoms with Crippen molar-refractivity contribution in [2.24, 2.45) is 23.7 Å². The van der Waals surface area contributed by atoms with Gasteiger partial charge in [0.1, 0.15) is 0 Å². The van der Waals surface area contributed by atoms with Gasteiger partial charge >= 0.3 is 0 Å². The molecule has 0 aromatic rings. The van der Waals surface area contributed by atoms with Crippen LogP contribution in [0.4, 0.5) is 0 Å². The summed E-state index contributed by atoms with van der Waals surface area (Å²) in [6.07, 6.45) is 9.61. The maximum absolute atomic E-state index is 4.13. The lowest BCUT2D eigenvalue weighted by Crippen LogP contribution is -2.16. The average Bonchev–Trinajstić information content (AvgIpc) is 2.30. The second-order valence-corrected chi connectivity index (χ2v) is 6.31. The van der Waals surface area contributed by atoms with Crippen molar-refractivity contribution in [3.63, 3.8) is 0 Å². The van der Waals surface area contributed by atoms with E-state index in [1.807, 2.05) is 0 Å². The Balaban J connectivity index is 4.16. The molecule has 0 aromatic heterocycles. The Bertz CT molecular complexity index is 159. The zero-order valence-corrected chi connectivity index (χ0v) is 13.0. The Morgan fingerprint density at radius 1 is 0.941 bits per heavy atom. The van der Waals surface area contributed by atoms with Gasteiger partial charge in [-0.05, 0) is 36.5 Å². The Hall–Kier alpha value is 0. The molecular weight excluding hydrogens is 204 g/mol. The first-order valence-corrected chi connectivity index (χ1v) is 7.84. The molecule has 0 aliphatic heterocycles. The van der Waals surface area contributed by atoms with Crippen molar-refractivity contribution in [2.75, 3.05) is 0 Å². The van der Waals surface area contributed by atoms with E-state index in [4.69, 9.17) is 0 Å². The van der Waals surface area contributed by atoms with E-state index in [0.29, 0.717) is 5.92 Å². The number of rotatable bonds is 10. The van der Waals surface area contributed by atoms with Gasteiger partial charge in [0.05, 0.1) is 0 Å². The highest BCUT2D eigenvalue weighted by Crippen LogP contribution is 2.30. The van der Waals surface area contributed by atoms with E-state index in [1.54, 1.807) is 0 Å². The Kier molecular flexibility index (Phi) is 9.97. The monoisotopic (exact) mass is 239 g/mol. The van der Waals surface area contributed by atoms with Crippen LogP contribution in [-0.4, -0.2) is 0 Å². The van der Waals surface area contributed by atoms with E-state index in [9.17, 15) is 0 Å². The zero-order valence-electron chi connectivity index (χ0n) is 13.0. The molecule has 4 atom stereocenters. The molecule has 0 aliphatic rings. The molecule has 4 unspecified atom stereocenters. The number of unbranched alkanes of at least 4 members (excludes halogenated alkanes) is 1. The summed E-state index contributed by atoms with van der Waals surface area (Å²) in [5, 5.41) is 0. The van der Waals surface area contributed by atoms with Crippen molar-refractivity contribution in [3.05, 3.63) is 6.92 Å². The highest BCUT2D eigenvalue weighted by atomic mass is 14.2. The number of hydrogen-bond acceptors (Lipinski definition) is 0. The van der Waals surface area contributed by atoms with Crippen molar-refractivity contribution in [2.45, 2.75) is 79.6 Å². The van der Waals surface area contributed by atoms with Crippen LogP contribution in [0.15, 0.2) is 0 Å². The molecule has 17 heavy (non-hydrogen) atoms. The van der Waals surface area contributed by atoms with Crippen LogP contribution >= 0.6 is 0 Å².